The Labute approximate surface area is 93.6 Å². The molecule has 76 valence electrons. The summed E-state index contributed by atoms with van der Waals surface area (Å²) in [4.78, 5) is 11.1. The van der Waals surface area contributed by atoms with Crippen molar-refractivity contribution in [1.82, 2.24) is 0 Å². The zero-order valence-corrected chi connectivity index (χ0v) is 9.51. The molecule has 1 aromatic carbocycles. The minimum atomic E-state index is -2.65. The summed E-state index contributed by atoms with van der Waals surface area (Å²) in [5.74, 6) is -0.297. The maximum atomic E-state index is 12.4. The van der Waals surface area contributed by atoms with E-state index >= 15 is 0 Å². The highest BCUT2D eigenvalue weighted by Crippen LogP contribution is 2.30. The van der Waals surface area contributed by atoms with E-state index in [4.69, 9.17) is 5.73 Å². The number of hydrogen-bond donors (Lipinski definition) is 1. The van der Waals surface area contributed by atoms with E-state index in [2.05, 4.69) is 0 Å². The molecule has 0 atom stereocenters. The fourth-order valence-electron chi connectivity index (χ4n) is 1.16. The number of rotatable bonds is 2. The molecule has 0 aliphatic carbocycles. The molecule has 0 heterocycles. The van der Waals surface area contributed by atoms with Gasteiger partial charge in [-0.3, -0.25) is 4.79 Å². The van der Waals surface area contributed by atoms with E-state index in [1.165, 1.54) is 19.1 Å². The van der Waals surface area contributed by atoms with Gasteiger partial charge in [0.05, 0.1) is 11.3 Å². The van der Waals surface area contributed by atoms with E-state index in [0.717, 1.165) is 0 Å². The monoisotopic (exact) mass is 311 g/mol. The Balaban J connectivity index is 3.41. The number of nitrogens with two attached hydrogens (primary N) is 1. The number of ketones is 1. The third-order valence-corrected chi connectivity index (χ3v) is 2.71. The van der Waals surface area contributed by atoms with Crippen molar-refractivity contribution in [2.75, 3.05) is 5.73 Å². The number of halogens is 3. The van der Waals surface area contributed by atoms with Gasteiger partial charge in [-0.25, -0.2) is 8.78 Å². The molecule has 1 rings (SSSR count). The fraction of sp³-hybridized carbons (Fsp3) is 0.222. The molecule has 0 unspecified atom stereocenters. The molecule has 2 N–H and O–H groups in total. The second kappa shape index (κ2) is 4.20. The van der Waals surface area contributed by atoms with Crippen molar-refractivity contribution in [2.45, 2.75) is 13.3 Å². The lowest BCUT2D eigenvalue weighted by molar-refractivity contribution is 0.101. The minimum absolute atomic E-state index is 0.112. The van der Waals surface area contributed by atoms with Gasteiger partial charge in [0, 0.05) is 9.13 Å². The summed E-state index contributed by atoms with van der Waals surface area (Å²) >= 11 is 1.90. The van der Waals surface area contributed by atoms with Crippen LogP contribution in [0.3, 0.4) is 0 Å². The normalized spacial score (nSPS) is 10.6. The van der Waals surface area contributed by atoms with E-state index in [9.17, 15) is 13.6 Å². The molecule has 0 fully saturated rings. The third kappa shape index (κ3) is 2.02. The van der Waals surface area contributed by atoms with Crippen LogP contribution in [0.5, 0.6) is 0 Å². The predicted molar refractivity (Wildman–Crippen MR) is 58.5 cm³/mol. The van der Waals surface area contributed by atoms with Crippen LogP contribution in [-0.4, -0.2) is 5.78 Å². The van der Waals surface area contributed by atoms with Crippen molar-refractivity contribution >= 4 is 34.1 Å². The smallest absolute Gasteiger partial charge is 0.265 e. The van der Waals surface area contributed by atoms with Crippen LogP contribution in [0.4, 0.5) is 14.5 Å². The van der Waals surface area contributed by atoms with Gasteiger partial charge in [0.15, 0.2) is 5.78 Å². The molecule has 2 nitrogen and oxygen atoms in total. The van der Waals surface area contributed by atoms with E-state index in [1.54, 1.807) is 0 Å². The van der Waals surface area contributed by atoms with E-state index in [0.29, 0.717) is 3.57 Å². The largest absolute Gasteiger partial charge is 0.398 e. The highest BCUT2D eigenvalue weighted by Gasteiger charge is 2.18. The molecule has 0 aromatic heterocycles. The first-order chi connectivity index (χ1) is 6.45. The molecule has 0 amide bonds. The van der Waals surface area contributed by atoms with Gasteiger partial charge in [0.2, 0.25) is 0 Å². The van der Waals surface area contributed by atoms with Crippen molar-refractivity contribution < 1.29 is 13.6 Å². The number of nitrogen functional groups attached to an aromatic ring is 1. The third-order valence-electron chi connectivity index (χ3n) is 1.82. The maximum absolute atomic E-state index is 12.4. The van der Waals surface area contributed by atoms with Gasteiger partial charge >= 0.3 is 0 Å². The van der Waals surface area contributed by atoms with E-state index in [1.807, 2.05) is 22.6 Å². The Kier molecular flexibility index (Phi) is 3.41. The Morgan fingerprint density at radius 2 is 2.07 bits per heavy atom. The topological polar surface area (TPSA) is 43.1 Å². The van der Waals surface area contributed by atoms with E-state index in [-0.39, 0.29) is 22.6 Å². The molecule has 0 aliphatic rings. The lowest BCUT2D eigenvalue weighted by atomic mass is 10.1. The summed E-state index contributed by atoms with van der Waals surface area (Å²) in [5.41, 5.74) is 5.27. The lowest BCUT2D eigenvalue weighted by Crippen LogP contribution is -2.06. The van der Waals surface area contributed by atoms with Crippen molar-refractivity contribution in [3.8, 4) is 0 Å². The van der Waals surface area contributed by atoms with Crippen molar-refractivity contribution in [3.05, 3.63) is 26.8 Å². The zero-order valence-electron chi connectivity index (χ0n) is 7.35. The first kappa shape index (κ1) is 11.4. The number of anilines is 1. The summed E-state index contributed by atoms with van der Waals surface area (Å²) in [6, 6.07) is 2.71. The SMILES string of the molecule is CC(=O)c1c(I)ccc(C(F)F)c1N. The molecule has 5 heteroatoms. The molecule has 0 bridgehead atoms. The number of alkyl halides is 2. The Hall–Kier alpha value is -0.720. The first-order valence-corrected chi connectivity index (χ1v) is 4.90. The molecular formula is C9H8F2INO. The Bertz CT molecular complexity index is 379. The summed E-state index contributed by atoms with van der Waals surface area (Å²) in [6.45, 7) is 1.31. The van der Waals surface area contributed by atoms with Crippen LogP contribution >= 0.6 is 22.6 Å². The standard InChI is InChI=1S/C9H8F2INO/c1-4(14)7-6(12)3-2-5(8(7)13)9(10)11/h2-3,9H,13H2,1H3. The Morgan fingerprint density at radius 3 is 2.50 bits per heavy atom. The predicted octanol–water partition coefficient (Wildman–Crippen LogP) is 3.01. The van der Waals surface area contributed by atoms with Gasteiger partial charge < -0.3 is 5.73 Å². The maximum Gasteiger partial charge on any atom is 0.265 e. The van der Waals surface area contributed by atoms with Crippen LogP contribution < -0.4 is 5.73 Å². The van der Waals surface area contributed by atoms with Gasteiger partial charge in [-0.15, -0.1) is 0 Å². The minimum Gasteiger partial charge on any atom is -0.398 e. The second-order valence-electron chi connectivity index (χ2n) is 2.78. The molecule has 14 heavy (non-hydrogen) atoms. The summed E-state index contributed by atoms with van der Waals surface area (Å²) in [6.07, 6.45) is -2.65. The highest BCUT2D eigenvalue weighted by molar-refractivity contribution is 14.1. The van der Waals surface area contributed by atoms with Gasteiger partial charge in [-0.1, -0.05) is 6.07 Å². The molecule has 0 saturated carbocycles. The average Bonchev–Trinajstić information content (AvgIpc) is 2.02. The molecule has 0 aliphatic heterocycles. The number of benzene rings is 1. The van der Waals surface area contributed by atoms with Crippen LogP contribution in [0.15, 0.2) is 12.1 Å². The molecular weight excluding hydrogens is 303 g/mol. The van der Waals surface area contributed by atoms with Crippen molar-refractivity contribution in [1.29, 1.82) is 0 Å². The fourth-order valence-corrected chi connectivity index (χ4v) is 2.01. The van der Waals surface area contributed by atoms with Gasteiger partial charge in [-0.05, 0) is 35.6 Å². The zero-order chi connectivity index (χ0) is 10.9. The van der Waals surface area contributed by atoms with Crippen molar-refractivity contribution in [2.24, 2.45) is 0 Å². The van der Waals surface area contributed by atoms with Gasteiger partial charge in [0.25, 0.3) is 6.43 Å². The summed E-state index contributed by atoms with van der Waals surface area (Å²) in [7, 11) is 0. The number of Topliss-reactive ketones (excluding diaryl/α,β-unsaturated/α-hetero) is 1. The van der Waals surface area contributed by atoms with E-state index < -0.39 is 6.43 Å². The van der Waals surface area contributed by atoms with Crippen LogP contribution in [0.1, 0.15) is 29.3 Å². The molecule has 0 saturated heterocycles. The van der Waals surface area contributed by atoms with Gasteiger partial charge in [-0.2, -0.15) is 0 Å². The number of hydrogen-bond acceptors (Lipinski definition) is 2. The van der Waals surface area contributed by atoms with Crippen LogP contribution in [0, 0.1) is 3.57 Å². The van der Waals surface area contributed by atoms with Crippen molar-refractivity contribution in [3.63, 3.8) is 0 Å². The van der Waals surface area contributed by atoms with Crippen LogP contribution in [-0.2, 0) is 0 Å². The summed E-state index contributed by atoms with van der Waals surface area (Å²) in [5, 5.41) is 0. The van der Waals surface area contributed by atoms with Crippen LogP contribution in [0.2, 0.25) is 0 Å². The lowest BCUT2D eigenvalue weighted by Gasteiger charge is -2.09. The first-order valence-electron chi connectivity index (χ1n) is 3.82. The molecule has 1 aromatic rings. The average molecular weight is 311 g/mol. The van der Waals surface area contributed by atoms with Crippen LogP contribution in [0.25, 0.3) is 0 Å². The number of carbonyl (C=O) groups excluding carboxylic acids is 1. The highest BCUT2D eigenvalue weighted by atomic mass is 127. The Morgan fingerprint density at radius 1 is 1.50 bits per heavy atom. The van der Waals surface area contributed by atoms with Gasteiger partial charge in [0.1, 0.15) is 0 Å². The second-order valence-corrected chi connectivity index (χ2v) is 3.94. The quantitative estimate of drug-likeness (QED) is 0.518. The summed E-state index contributed by atoms with van der Waals surface area (Å²) < 4.78 is 25.4. The number of carbonyl (C=O) groups is 1. The molecule has 0 spiro atoms. The molecule has 0 radical (unpaired) electrons.